The van der Waals surface area contributed by atoms with Crippen molar-refractivity contribution in [3.05, 3.63) is 54.2 Å². The Morgan fingerprint density at radius 2 is 1.94 bits per heavy atom. The highest BCUT2D eigenvalue weighted by Gasteiger charge is 2.32. The van der Waals surface area contributed by atoms with Crippen LogP contribution in [0.4, 0.5) is 10.5 Å². The number of methoxy groups -OCH3 is 1. The zero-order chi connectivity index (χ0) is 23.1. The van der Waals surface area contributed by atoms with E-state index in [-0.39, 0.29) is 23.7 Å². The third-order valence-electron chi connectivity index (χ3n) is 6.73. The number of aromatic hydroxyl groups is 1. The molecule has 3 heterocycles. The molecule has 1 aromatic heterocycles. The van der Waals surface area contributed by atoms with Crippen LogP contribution >= 0.6 is 0 Å². The molecular formula is C25H28N4O4. The van der Waals surface area contributed by atoms with Gasteiger partial charge in [-0.2, -0.15) is 0 Å². The van der Waals surface area contributed by atoms with Crippen LogP contribution in [0.25, 0.3) is 10.9 Å². The molecule has 0 bridgehead atoms. The SMILES string of the molecule is COc1ccc(N2CCCN(Cc3cccc4c3ccn4C3CCN(C)C3=O)C2=O)cc1O. The van der Waals surface area contributed by atoms with Crippen molar-refractivity contribution in [3.8, 4) is 11.5 Å². The van der Waals surface area contributed by atoms with Gasteiger partial charge in [-0.3, -0.25) is 9.69 Å². The molecule has 2 saturated heterocycles. The van der Waals surface area contributed by atoms with Gasteiger partial charge in [-0.05, 0) is 42.7 Å². The molecule has 2 aromatic carbocycles. The van der Waals surface area contributed by atoms with Crippen LogP contribution in [-0.4, -0.2) is 65.2 Å². The van der Waals surface area contributed by atoms with Gasteiger partial charge in [0.2, 0.25) is 5.91 Å². The largest absolute Gasteiger partial charge is 0.504 e. The summed E-state index contributed by atoms with van der Waals surface area (Å²) in [4.78, 5) is 31.2. The average molecular weight is 449 g/mol. The molecule has 8 nitrogen and oxygen atoms in total. The van der Waals surface area contributed by atoms with Crippen molar-refractivity contribution in [3.63, 3.8) is 0 Å². The summed E-state index contributed by atoms with van der Waals surface area (Å²) in [5.41, 5.74) is 2.72. The summed E-state index contributed by atoms with van der Waals surface area (Å²) in [6, 6.07) is 12.9. The molecule has 0 spiro atoms. The standard InChI is InChI=1S/C25H28N4O4/c1-26-13-10-21(24(26)31)29-14-9-19-17(5-3-6-20(19)29)16-27-11-4-12-28(25(27)32)18-7-8-23(33-2)22(30)15-18/h3,5-9,14-15,21,30H,4,10-13,16H2,1-2H3. The van der Waals surface area contributed by atoms with Gasteiger partial charge in [-0.15, -0.1) is 0 Å². The zero-order valence-electron chi connectivity index (χ0n) is 18.9. The number of benzene rings is 2. The average Bonchev–Trinajstić information content (AvgIpc) is 3.39. The second-order valence-corrected chi connectivity index (χ2v) is 8.70. The summed E-state index contributed by atoms with van der Waals surface area (Å²) in [6.07, 6.45) is 3.62. The first-order valence-corrected chi connectivity index (χ1v) is 11.2. The van der Waals surface area contributed by atoms with Gasteiger partial charge >= 0.3 is 6.03 Å². The normalized spacial score (nSPS) is 19.1. The Morgan fingerprint density at radius 1 is 1.09 bits per heavy atom. The number of urea groups is 1. The quantitative estimate of drug-likeness (QED) is 0.647. The predicted molar refractivity (Wildman–Crippen MR) is 126 cm³/mol. The number of phenols is 1. The van der Waals surface area contributed by atoms with E-state index in [9.17, 15) is 14.7 Å². The van der Waals surface area contributed by atoms with E-state index in [0.29, 0.717) is 31.1 Å². The summed E-state index contributed by atoms with van der Waals surface area (Å²) in [5, 5.41) is 11.2. The Morgan fingerprint density at radius 3 is 2.67 bits per heavy atom. The lowest BCUT2D eigenvalue weighted by atomic mass is 10.1. The third kappa shape index (κ3) is 3.65. The molecule has 2 aliphatic heterocycles. The van der Waals surface area contributed by atoms with Crippen molar-refractivity contribution in [2.75, 3.05) is 38.7 Å². The third-order valence-corrected chi connectivity index (χ3v) is 6.73. The molecule has 2 aliphatic rings. The molecule has 0 radical (unpaired) electrons. The van der Waals surface area contributed by atoms with Crippen LogP contribution in [0.15, 0.2) is 48.7 Å². The minimum absolute atomic E-state index is 0.0122. The topological polar surface area (TPSA) is 78.2 Å². The Labute approximate surface area is 192 Å². The highest BCUT2D eigenvalue weighted by Crippen LogP contribution is 2.33. The molecule has 1 N–H and O–H groups in total. The summed E-state index contributed by atoms with van der Waals surface area (Å²) < 4.78 is 7.18. The van der Waals surface area contributed by atoms with Gasteiger partial charge in [0.25, 0.3) is 0 Å². The van der Waals surface area contributed by atoms with Crippen LogP contribution in [0.3, 0.4) is 0 Å². The predicted octanol–water partition coefficient (Wildman–Crippen LogP) is 3.59. The van der Waals surface area contributed by atoms with Crippen molar-refractivity contribution < 1.29 is 19.4 Å². The van der Waals surface area contributed by atoms with Gasteiger partial charge in [0.1, 0.15) is 6.04 Å². The molecule has 172 valence electrons. The zero-order valence-corrected chi connectivity index (χ0v) is 18.9. The van der Waals surface area contributed by atoms with Crippen LogP contribution < -0.4 is 9.64 Å². The van der Waals surface area contributed by atoms with E-state index in [1.165, 1.54) is 7.11 Å². The Hall–Kier alpha value is -3.68. The van der Waals surface area contributed by atoms with E-state index in [1.54, 1.807) is 28.0 Å². The fraction of sp³-hybridized carbons (Fsp3) is 0.360. The summed E-state index contributed by atoms with van der Waals surface area (Å²) in [6.45, 7) is 2.51. The minimum atomic E-state index is -0.169. The lowest BCUT2D eigenvalue weighted by molar-refractivity contribution is -0.129. The van der Waals surface area contributed by atoms with Gasteiger partial charge in [0, 0.05) is 62.1 Å². The van der Waals surface area contributed by atoms with Crippen molar-refractivity contribution in [1.29, 1.82) is 0 Å². The Bertz CT molecular complexity index is 1220. The molecule has 0 saturated carbocycles. The number of amides is 3. The van der Waals surface area contributed by atoms with E-state index in [0.717, 1.165) is 35.9 Å². The molecule has 2 fully saturated rings. The van der Waals surface area contributed by atoms with Crippen LogP contribution in [0.2, 0.25) is 0 Å². The van der Waals surface area contributed by atoms with Crippen molar-refractivity contribution in [1.82, 2.24) is 14.4 Å². The first-order valence-electron chi connectivity index (χ1n) is 11.2. The van der Waals surface area contributed by atoms with E-state index in [2.05, 4.69) is 4.57 Å². The van der Waals surface area contributed by atoms with Crippen molar-refractivity contribution in [2.45, 2.75) is 25.4 Å². The number of carbonyl (C=O) groups is 2. The number of hydrogen-bond acceptors (Lipinski definition) is 4. The monoisotopic (exact) mass is 448 g/mol. The molecular weight excluding hydrogens is 420 g/mol. The molecule has 5 rings (SSSR count). The number of anilines is 1. The summed E-state index contributed by atoms with van der Waals surface area (Å²) in [5.74, 6) is 0.531. The van der Waals surface area contributed by atoms with Crippen LogP contribution in [-0.2, 0) is 11.3 Å². The molecule has 3 amide bonds. The molecule has 3 aromatic rings. The highest BCUT2D eigenvalue weighted by molar-refractivity contribution is 5.94. The lowest BCUT2D eigenvalue weighted by Gasteiger charge is -2.36. The van der Waals surface area contributed by atoms with Crippen LogP contribution in [0.5, 0.6) is 11.5 Å². The lowest BCUT2D eigenvalue weighted by Crippen LogP contribution is -2.49. The second kappa shape index (κ2) is 8.35. The van der Waals surface area contributed by atoms with E-state index >= 15 is 0 Å². The van der Waals surface area contributed by atoms with Crippen LogP contribution in [0, 0.1) is 0 Å². The number of likely N-dealkylation sites (tertiary alicyclic amines) is 1. The number of phenolic OH excluding ortho intramolecular Hbond substituents is 1. The second-order valence-electron chi connectivity index (χ2n) is 8.70. The van der Waals surface area contributed by atoms with Crippen LogP contribution in [0.1, 0.15) is 24.4 Å². The van der Waals surface area contributed by atoms with E-state index in [1.807, 2.05) is 42.4 Å². The molecule has 33 heavy (non-hydrogen) atoms. The number of nitrogens with zero attached hydrogens (tertiary/aromatic N) is 4. The van der Waals surface area contributed by atoms with E-state index in [4.69, 9.17) is 4.74 Å². The number of hydrogen-bond donors (Lipinski definition) is 1. The number of fused-ring (bicyclic) bond motifs is 1. The molecule has 1 unspecified atom stereocenters. The maximum Gasteiger partial charge on any atom is 0.324 e. The first-order chi connectivity index (χ1) is 16.0. The van der Waals surface area contributed by atoms with Gasteiger partial charge in [0.05, 0.1) is 7.11 Å². The number of rotatable bonds is 5. The maximum absolute atomic E-state index is 13.3. The Balaban J connectivity index is 1.40. The molecule has 8 heteroatoms. The number of ether oxygens (including phenoxy) is 1. The summed E-state index contributed by atoms with van der Waals surface area (Å²) in [7, 11) is 3.34. The van der Waals surface area contributed by atoms with E-state index < -0.39 is 0 Å². The number of carbonyl (C=O) groups excluding carboxylic acids is 2. The van der Waals surface area contributed by atoms with Crippen molar-refractivity contribution >= 4 is 28.5 Å². The van der Waals surface area contributed by atoms with Gasteiger partial charge < -0.3 is 24.2 Å². The molecule has 1 atom stereocenters. The fourth-order valence-corrected chi connectivity index (χ4v) is 4.94. The van der Waals surface area contributed by atoms with Crippen molar-refractivity contribution in [2.24, 2.45) is 0 Å². The summed E-state index contributed by atoms with van der Waals surface area (Å²) >= 11 is 0. The van der Waals surface area contributed by atoms with Gasteiger partial charge in [-0.1, -0.05) is 12.1 Å². The highest BCUT2D eigenvalue weighted by atomic mass is 16.5. The smallest absolute Gasteiger partial charge is 0.324 e. The maximum atomic E-state index is 13.3. The molecule has 0 aliphatic carbocycles. The number of aromatic nitrogens is 1. The van der Waals surface area contributed by atoms with Gasteiger partial charge in [-0.25, -0.2) is 4.79 Å². The Kier molecular flexibility index (Phi) is 5.36. The van der Waals surface area contributed by atoms with Gasteiger partial charge in [0.15, 0.2) is 11.5 Å². The minimum Gasteiger partial charge on any atom is -0.504 e. The number of likely N-dealkylation sites (N-methyl/N-ethyl adjacent to an activating group) is 1. The first kappa shape index (κ1) is 21.2. The fourth-order valence-electron chi connectivity index (χ4n) is 4.94.